The molecule has 0 saturated carbocycles. The number of rotatable bonds is 6. The summed E-state index contributed by atoms with van der Waals surface area (Å²) in [5, 5.41) is 11.9. The third-order valence-corrected chi connectivity index (χ3v) is 2.98. The van der Waals surface area contributed by atoms with E-state index >= 15 is 0 Å². The Morgan fingerprint density at radius 2 is 1.89 bits per heavy atom. The third-order valence-electron chi connectivity index (χ3n) is 2.35. The maximum absolute atomic E-state index is 11.7. The molecule has 0 aliphatic heterocycles. The molecule has 0 heterocycles. The lowest BCUT2D eigenvalue weighted by Gasteiger charge is -2.14. The van der Waals surface area contributed by atoms with Crippen molar-refractivity contribution in [3.05, 3.63) is 28.2 Å². The molecule has 0 unspecified atom stereocenters. The van der Waals surface area contributed by atoms with Crippen molar-refractivity contribution < 1.29 is 14.7 Å². The van der Waals surface area contributed by atoms with Crippen molar-refractivity contribution in [1.29, 1.82) is 0 Å². The van der Waals surface area contributed by atoms with E-state index in [9.17, 15) is 9.59 Å². The van der Waals surface area contributed by atoms with E-state index in [1.54, 1.807) is 25.2 Å². The van der Waals surface area contributed by atoms with Gasteiger partial charge in [-0.15, -0.1) is 0 Å². The van der Waals surface area contributed by atoms with E-state index in [1.807, 2.05) is 0 Å². The summed E-state index contributed by atoms with van der Waals surface area (Å²) >= 11 is 11.8. The zero-order valence-electron chi connectivity index (χ0n) is 10.3. The Kier molecular flexibility index (Phi) is 6.08. The van der Waals surface area contributed by atoms with Crippen molar-refractivity contribution in [3.8, 4) is 0 Å². The van der Waals surface area contributed by atoms with Crippen molar-refractivity contribution >= 4 is 40.8 Å². The summed E-state index contributed by atoms with van der Waals surface area (Å²) < 4.78 is 0. The third kappa shape index (κ3) is 5.46. The minimum absolute atomic E-state index is 0.111. The van der Waals surface area contributed by atoms with Crippen LogP contribution in [0, 0.1) is 0 Å². The standard InChI is InChI=1S/C12H14Cl2N2O3/c1-16(7-11(18)19)6-5-10(17)15-12-8(13)3-2-4-9(12)14/h2-4H,5-7H2,1H3,(H,15,17)(H,18,19). The number of aliphatic carboxylic acids is 1. The molecule has 0 aliphatic carbocycles. The first-order valence-corrected chi connectivity index (χ1v) is 6.30. The van der Waals surface area contributed by atoms with E-state index in [4.69, 9.17) is 28.3 Å². The van der Waals surface area contributed by atoms with Crippen LogP contribution < -0.4 is 5.32 Å². The van der Waals surface area contributed by atoms with Crippen molar-refractivity contribution in [2.45, 2.75) is 6.42 Å². The van der Waals surface area contributed by atoms with E-state index < -0.39 is 5.97 Å². The van der Waals surface area contributed by atoms with Gasteiger partial charge in [0.1, 0.15) is 0 Å². The highest BCUT2D eigenvalue weighted by molar-refractivity contribution is 6.39. The molecular formula is C12H14Cl2N2O3. The molecule has 104 valence electrons. The van der Waals surface area contributed by atoms with E-state index in [1.165, 1.54) is 4.90 Å². The molecule has 2 N–H and O–H groups in total. The molecule has 19 heavy (non-hydrogen) atoms. The summed E-state index contributed by atoms with van der Waals surface area (Å²) in [5.41, 5.74) is 0.372. The minimum atomic E-state index is -0.933. The SMILES string of the molecule is CN(CCC(=O)Nc1c(Cl)cccc1Cl)CC(=O)O. The molecule has 0 saturated heterocycles. The fourth-order valence-corrected chi connectivity index (χ4v) is 1.91. The fourth-order valence-electron chi connectivity index (χ4n) is 1.42. The van der Waals surface area contributed by atoms with Gasteiger partial charge in [-0.05, 0) is 19.2 Å². The number of benzene rings is 1. The van der Waals surface area contributed by atoms with Crippen molar-refractivity contribution in [2.75, 3.05) is 25.5 Å². The molecule has 0 radical (unpaired) electrons. The van der Waals surface area contributed by atoms with Crippen LogP contribution in [0.4, 0.5) is 5.69 Å². The van der Waals surface area contributed by atoms with Gasteiger partial charge in [0.25, 0.3) is 0 Å². The summed E-state index contributed by atoms with van der Waals surface area (Å²) in [4.78, 5) is 23.7. The van der Waals surface area contributed by atoms with Crippen LogP contribution in [0.5, 0.6) is 0 Å². The number of carboxylic acid groups (broad SMARTS) is 1. The van der Waals surface area contributed by atoms with Crippen molar-refractivity contribution in [2.24, 2.45) is 0 Å². The van der Waals surface area contributed by atoms with Crippen LogP contribution in [0.1, 0.15) is 6.42 Å². The lowest BCUT2D eigenvalue weighted by Crippen LogP contribution is -2.29. The monoisotopic (exact) mass is 304 g/mol. The van der Waals surface area contributed by atoms with Gasteiger partial charge in [-0.1, -0.05) is 29.3 Å². The number of hydrogen-bond donors (Lipinski definition) is 2. The molecule has 1 aromatic carbocycles. The highest BCUT2D eigenvalue weighted by Gasteiger charge is 2.11. The Morgan fingerprint density at radius 3 is 2.42 bits per heavy atom. The number of likely N-dealkylation sites (N-methyl/N-ethyl adjacent to an activating group) is 1. The number of hydrogen-bond acceptors (Lipinski definition) is 3. The van der Waals surface area contributed by atoms with Gasteiger partial charge in [0.05, 0.1) is 22.3 Å². The zero-order valence-corrected chi connectivity index (χ0v) is 11.8. The van der Waals surface area contributed by atoms with Gasteiger partial charge in [0.15, 0.2) is 0 Å². The number of carboxylic acids is 1. The summed E-state index contributed by atoms with van der Waals surface area (Å²) in [6.07, 6.45) is 0.158. The summed E-state index contributed by atoms with van der Waals surface area (Å²) in [5.74, 6) is -1.20. The smallest absolute Gasteiger partial charge is 0.317 e. The van der Waals surface area contributed by atoms with Crippen LogP contribution in [0.15, 0.2) is 18.2 Å². The second-order valence-electron chi connectivity index (χ2n) is 4.03. The number of carbonyl (C=O) groups excluding carboxylic acids is 1. The van der Waals surface area contributed by atoms with Gasteiger partial charge >= 0.3 is 5.97 Å². The Morgan fingerprint density at radius 1 is 1.32 bits per heavy atom. The molecule has 5 nitrogen and oxygen atoms in total. The van der Waals surface area contributed by atoms with Crippen LogP contribution in [0.3, 0.4) is 0 Å². The Labute approximate surface area is 121 Å². The number of nitrogens with zero attached hydrogens (tertiary/aromatic N) is 1. The molecule has 1 rings (SSSR count). The quantitative estimate of drug-likeness (QED) is 0.846. The van der Waals surface area contributed by atoms with Crippen LogP contribution in [-0.4, -0.2) is 42.0 Å². The minimum Gasteiger partial charge on any atom is -0.480 e. The number of carbonyl (C=O) groups is 2. The molecule has 0 bridgehead atoms. The maximum Gasteiger partial charge on any atom is 0.317 e. The van der Waals surface area contributed by atoms with Gasteiger partial charge in [-0.2, -0.15) is 0 Å². The zero-order chi connectivity index (χ0) is 14.4. The summed E-state index contributed by atoms with van der Waals surface area (Å²) in [6, 6.07) is 4.93. The molecule has 1 amide bonds. The predicted octanol–water partition coefficient (Wildman–Crippen LogP) is 2.34. The fraction of sp³-hybridized carbons (Fsp3) is 0.333. The largest absolute Gasteiger partial charge is 0.480 e. The Bertz CT molecular complexity index is 460. The number of para-hydroxylation sites is 1. The van der Waals surface area contributed by atoms with E-state index in [0.717, 1.165) is 0 Å². The number of amides is 1. The molecule has 0 aromatic heterocycles. The Balaban J connectivity index is 2.50. The highest BCUT2D eigenvalue weighted by Crippen LogP contribution is 2.29. The number of halogens is 2. The summed E-state index contributed by atoms with van der Waals surface area (Å²) in [7, 11) is 1.63. The lowest BCUT2D eigenvalue weighted by atomic mass is 10.3. The summed E-state index contributed by atoms with van der Waals surface area (Å²) in [6.45, 7) is 0.223. The molecule has 7 heteroatoms. The van der Waals surface area contributed by atoms with E-state index in [2.05, 4.69) is 5.32 Å². The van der Waals surface area contributed by atoms with Gasteiger partial charge in [-0.3, -0.25) is 14.5 Å². The second kappa shape index (κ2) is 7.33. The molecule has 0 atom stereocenters. The van der Waals surface area contributed by atoms with Gasteiger partial charge in [-0.25, -0.2) is 0 Å². The number of anilines is 1. The molecule has 0 spiro atoms. The maximum atomic E-state index is 11.7. The van der Waals surface area contributed by atoms with Gasteiger partial charge in [0.2, 0.25) is 5.91 Å². The van der Waals surface area contributed by atoms with Gasteiger partial charge < -0.3 is 10.4 Å². The lowest BCUT2D eigenvalue weighted by molar-refractivity contribution is -0.138. The van der Waals surface area contributed by atoms with Crippen LogP contribution in [0.25, 0.3) is 0 Å². The van der Waals surface area contributed by atoms with Gasteiger partial charge in [0, 0.05) is 13.0 Å². The van der Waals surface area contributed by atoms with E-state index in [-0.39, 0.29) is 18.9 Å². The highest BCUT2D eigenvalue weighted by atomic mass is 35.5. The normalized spacial score (nSPS) is 10.5. The molecule has 0 fully saturated rings. The van der Waals surface area contributed by atoms with E-state index in [0.29, 0.717) is 22.3 Å². The molecule has 1 aromatic rings. The average molecular weight is 305 g/mol. The predicted molar refractivity (Wildman–Crippen MR) is 74.8 cm³/mol. The molecular weight excluding hydrogens is 291 g/mol. The second-order valence-corrected chi connectivity index (χ2v) is 4.84. The average Bonchev–Trinajstić information content (AvgIpc) is 2.30. The van der Waals surface area contributed by atoms with Crippen LogP contribution in [-0.2, 0) is 9.59 Å². The Hall–Kier alpha value is -1.30. The van der Waals surface area contributed by atoms with Crippen molar-refractivity contribution in [1.82, 2.24) is 4.90 Å². The van der Waals surface area contributed by atoms with Crippen LogP contribution in [0.2, 0.25) is 10.0 Å². The topological polar surface area (TPSA) is 69.6 Å². The first-order chi connectivity index (χ1) is 8.90. The first kappa shape index (κ1) is 15.8. The first-order valence-electron chi connectivity index (χ1n) is 5.54. The number of nitrogens with one attached hydrogen (secondary N) is 1. The molecule has 0 aliphatic rings. The van der Waals surface area contributed by atoms with Crippen LogP contribution >= 0.6 is 23.2 Å². The van der Waals surface area contributed by atoms with Crippen molar-refractivity contribution in [3.63, 3.8) is 0 Å².